The number of nitrogens with zero attached hydrogens (tertiary/aromatic N) is 1. The van der Waals surface area contributed by atoms with Crippen LogP contribution in [0.25, 0.3) is 84.4 Å². The van der Waals surface area contributed by atoms with Crippen LogP contribution in [-0.4, -0.2) is 4.98 Å². The van der Waals surface area contributed by atoms with Crippen LogP contribution in [0.1, 0.15) is 0 Å². The quantitative estimate of drug-likeness (QED) is 0.198. The highest BCUT2D eigenvalue weighted by Crippen LogP contribution is 2.44. The van der Waals surface area contributed by atoms with Gasteiger partial charge in [-0.15, -0.1) is 22.7 Å². The van der Waals surface area contributed by atoms with Crippen LogP contribution in [0.2, 0.25) is 0 Å². The van der Waals surface area contributed by atoms with Crippen molar-refractivity contribution in [2.24, 2.45) is 0 Å². The lowest BCUT2D eigenvalue weighted by molar-refractivity contribution is 1.43. The smallest absolute Gasteiger partial charge is 0.0802 e. The Kier molecular flexibility index (Phi) is 4.71. The maximum Gasteiger partial charge on any atom is 0.0802 e. The average molecular weight is 544 g/mol. The van der Waals surface area contributed by atoms with Gasteiger partial charge in [-0.25, -0.2) is 4.98 Å². The molecule has 0 radical (unpaired) electrons. The van der Waals surface area contributed by atoms with Crippen LogP contribution in [0.15, 0.2) is 127 Å². The Morgan fingerprint density at radius 2 is 0.975 bits per heavy atom. The molecule has 1 nitrogen and oxygen atoms in total. The minimum atomic E-state index is 1.03. The van der Waals surface area contributed by atoms with Crippen molar-refractivity contribution in [1.82, 2.24) is 4.98 Å². The molecule has 0 aliphatic carbocycles. The molecule has 0 N–H and O–H groups in total. The van der Waals surface area contributed by atoms with Crippen LogP contribution >= 0.6 is 22.7 Å². The van der Waals surface area contributed by atoms with Gasteiger partial charge in [-0.05, 0) is 34.7 Å². The van der Waals surface area contributed by atoms with Gasteiger partial charge in [0.15, 0.2) is 0 Å². The molecule has 0 atom stereocenters. The second-order valence-corrected chi connectivity index (χ2v) is 12.4. The maximum absolute atomic E-state index is 5.28. The van der Waals surface area contributed by atoms with Gasteiger partial charge < -0.3 is 0 Å². The lowest BCUT2D eigenvalue weighted by atomic mass is 9.96. The van der Waals surface area contributed by atoms with Crippen molar-refractivity contribution < 1.29 is 0 Å². The lowest BCUT2D eigenvalue weighted by Crippen LogP contribution is -1.90. The Bertz CT molecular complexity index is 2430. The monoisotopic (exact) mass is 543 g/mol. The van der Waals surface area contributed by atoms with Crippen LogP contribution < -0.4 is 0 Å². The van der Waals surface area contributed by atoms with Crippen molar-refractivity contribution in [3.05, 3.63) is 127 Å². The summed E-state index contributed by atoms with van der Waals surface area (Å²) in [5.41, 5.74) is 5.75. The third-order valence-corrected chi connectivity index (χ3v) is 10.5. The van der Waals surface area contributed by atoms with Gasteiger partial charge in [0, 0.05) is 56.7 Å². The third kappa shape index (κ3) is 3.16. The van der Waals surface area contributed by atoms with E-state index in [2.05, 4.69) is 127 Å². The molecule has 9 rings (SSSR count). The van der Waals surface area contributed by atoms with Gasteiger partial charge in [0.2, 0.25) is 0 Å². The molecule has 0 aliphatic rings. The summed E-state index contributed by atoms with van der Waals surface area (Å²) < 4.78 is 5.31. The Hall–Kier alpha value is -4.57. The standard InChI is InChI=1S/C37H21NS2/c1-4-13-31-25(8-1)28-20-21-30-27-10-3-6-15-33(27)40-37(30)34(28)35(38-31)23-18-16-22(17-19-23)24-11-7-12-29-26-9-2-5-14-32(26)39-36(24)29/h1-21H. The van der Waals surface area contributed by atoms with E-state index < -0.39 is 0 Å². The molecule has 0 saturated carbocycles. The molecular weight excluding hydrogens is 523 g/mol. The molecule has 40 heavy (non-hydrogen) atoms. The first-order chi connectivity index (χ1) is 19.8. The highest BCUT2D eigenvalue weighted by molar-refractivity contribution is 7.27. The van der Waals surface area contributed by atoms with Gasteiger partial charge in [-0.1, -0.05) is 109 Å². The fourth-order valence-corrected chi connectivity index (χ4v) is 8.70. The van der Waals surface area contributed by atoms with Crippen LogP contribution in [0.4, 0.5) is 0 Å². The summed E-state index contributed by atoms with van der Waals surface area (Å²) in [5, 5.41) is 9.00. The van der Waals surface area contributed by atoms with E-state index in [9.17, 15) is 0 Å². The summed E-state index contributed by atoms with van der Waals surface area (Å²) in [6.07, 6.45) is 0. The summed E-state index contributed by atoms with van der Waals surface area (Å²) in [6, 6.07) is 46.2. The highest BCUT2D eigenvalue weighted by atomic mass is 32.1. The molecule has 6 aromatic carbocycles. The van der Waals surface area contributed by atoms with Gasteiger partial charge >= 0.3 is 0 Å². The molecule has 3 heteroatoms. The zero-order chi connectivity index (χ0) is 26.2. The Labute approximate surface area is 238 Å². The predicted molar refractivity (Wildman–Crippen MR) is 176 cm³/mol. The van der Waals surface area contributed by atoms with E-state index in [1.54, 1.807) is 0 Å². The largest absolute Gasteiger partial charge is 0.247 e. The van der Waals surface area contributed by atoms with Crippen LogP contribution in [-0.2, 0) is 0 Å². The fourth-order valence-electron chi connectivity index (χ4n) is 6.21. The van der Waals surface area contributed by atoms with Crippen LogP contribution in [0, 0.1) is 0 Å². The molecule has 0 bridgehead atoms. The zero-order valence-corrected chi connectivity index (χ0v) is 23.0. The average Bonchev–Trinajstić information content (AvgIpc) is 3.59. The van der Waals surface area contributed by atoms with Crippen molar-refractivity contribution in [3.8, 4) is 22.4 Å². The van der Waals surface area contributed by atoms with Crippen molar-refractivity contribution in [3.63, 3.8) is 0 Å². The van der Waals surface area contributed by atoms with Crippen molar-refractivity contribution in [2.45, 2.75) is 0 Å². The number of thiophene rings is 2. The van der Waals surface area contributed by atoms with Gasteiger partial charge in [0.25, 0.3) is 0 Å². The first kappa shape index (κ1) is 22.3. The van der Waals surface area contributed by atoms with Crippen molar-refractivity contribution in [1.29, 1.82) is 0 Å². The first-order valence-corrected chi connectivity index (χ1v) is 15.1. The minimum Gasteiger partial charge on any atom is -0.247 e. The van der Waals surface area contributed by atoms with E-state index in [-0.39, 0.29) is 0 Å². The Morgan fingerprint density at radius 1 is 0.400 bits per heavy atom. The van der Waals surface area contributed by atoms with Gasteiger partial charge in [0.05, 0.1) is 11.2 Å². The summed E-state index contributed by atoms with van der Waals surface area (Å²) in [6.45, 7) is 0. The number of hydrogen-bond acceptors (Lipinski definition) is 3. The van der Waals surface area contributed by atoms with E-state index >= 15 is 0 Å². The van der Waals surface area contributed by atoms with Crippen molar-refractivity contribution >= 4 is 84.7 Å². The molecule has 0 saturated heterocycles. The topological polar surface area (TPSA) is 12.9 Å². The minimum absolute atomic E-state index is 1.03. The molecule has 186 valence electrons. The van der Waals surface area contributed by atoms with E-state index in [1.165, 1.54) is 67.6 Å². The number of rotatable bonds is 2. The second kappa shape index (κ2) is 8.46. The second-order valence-electron chi connectivity index (χ2n) is 10.3. The Morgan fingerprint density at radius 3 is 1.75 bits per heavy atom. The fraction of sp³-hybridized carbons (Fsp3) is 0. The number of pyridine rings is 1. The molecular formula is C37H21NS2. The van der Waals surface area contributed by atoms with Crippen LogP contribution in [0.3, 0.4) is 0 Å². The van der Waals surface area contributed by atoms with E-state index in [1.807, 2.05) is 22.7 Å². The van der Waals surface area contributed by atoms with Gasteiger partial charge in [0.1, 0.15) is 0 Å². The molecule has 9 aromatic rings. The van der Waals surface area contributed by atoms with Gasteiger partial charge in [-0.3, -0.25) is 0 Å². The van der Waals surface area contributed by atoms with Gasteiger partial charge in [-0.2, -0.15) is 0 Å². The lowest BCUT2D eigenvalue weighted by Gasteiger charge is -2.12. The molecule has 0 amide bonds. The van der Waals surface area contributed by atoms with E-state index in [0.717, 1.165) is 16.8 Å². The van der Waals surface area contributed by atoms with Crippen molar-refractivity contribution in [2.75, 3.05) is 0 Å². The first-order valence-electron chi connectivity index (χ1n) is 13.5. The molecule has 0 aliphatic heterocycles. The summed E-state index contributed by atoms with van der Waals surface area (Å²) >= 11 is 3.75. The number of aromatic nitrogens is 1. The number of para-hydroxylation sites is 1. The predicted octanol–water partition coefficient (Wildman–Crippen LogP) is 11.5. The Balaban J connectivity index is 1.29. The van der Waals surface area contributed by atoms with E-state index in [0.29, 0.717) is 0 Å². The highest BCUT2D eigenvalue weighted by Gasteiger charge is 2.17. The number of benzene rings is 6. The summed E-state index contributed by atoms with van der Waals surface area (Å²) in [5.74, 6) is 0. The molecule has 3 heterocycles. The third-order valence-electron chi connectivity index (χ3n) is 8.08. The SMILES string of the molecule is c1ccc2c(c1)nc(-c1ccc(-c3cccc4c3sc3ccccc34)cc1)c1c2ccc2c3ccccc3sc21. The molecule has 3 aromatic heterocycles. The normalized spacial score (nSPS) is 12.0. The zero-order valence-electron chi connectivity index (χ0n) is 21.4. The van der Waals surface area contributed by atoms with E-state index in [4.69, 9.17) is 4.98 Å². The summed E-state index contributed by atoms with van der Waals surface area (Å²) in [7, 11) is 0. The molecule has 0 spiro atoms. The van der Waals surface area contributed by atoms with Crippen LogP contribution in [0.5, 0.6) is 0 Å². The maximum atomic E-state index is 5.28. The summed E-state index contributed by atoms with van der Waals surface area (Å²) in [4.78, 5) is 5.28. The number of hydrogen-bond donors (Lipinski definition) is 0. The molecule has 0 unspecified atom stereocenters. The number of fused-ring (bicyclic) bond motifs is 10. The molecule has 0 fully saturated rings.